The Morgan fingerprint density at radius 3 is 2.63 bits per heavy atom. The van der Waals surface area contributed by atoms with Crippen LogP contribution in [0.25, 0.3) is 0 Å². The minimum Gasteiger partial charge on any atom is -0.493 e. The lowest BCUT2D eigenvalue weighted by Crippen LogP contribution is -2.14. The van der Waals surface area contributed by atoms with E-state index in [0.717, 1.165) is 0 Å². The standard InChI is InChI=1S/C17H13IN4O5/c1-26-14-4-2-3-5-15(14)27-12-7-10(6-11(8-12)22(24)25)20-17(23)16-13(18)9-19-21-16/h2-9H,1H3,(H,19,21)(H,20,23). The van der Waals surface area contributed by atoms with Crippen molar-refractivity contribution in [2.45, 2.75) is 0 Å². The van der Waals surface area contributed by atoms with Crippen LogP contribution in [0.4, 0.5) is 11.4 Å². The van der Waals surface area contributed by atoms with Gasteiger partial charge in [-0.15, -0.1) is 0 Å². The van der Waals surface area contributed by atoms with E-state index < -0.39 is 10.8 Å². The zero-order valence-electron chi connectivity index (χ0n) is 13.9. The second-order valence-electron chi connectivity index (χ2n) is 5.27. The third-order valence-electron chi connectivity index (χ3n) is 3.48. The summed E-state index contributed by atoms with van der Waals surface area (Å²) in [6.07, 6.45) is 1.50. The lowest BCUT2D eigenvalue weighted by Gasteiger charge is -2.11. The average molecular weight is 480 g/mol. The van der Waals surface area contributed by atoms with Gasteiger partial charge in [-0.1, -0.05) is 12.1 Å². The molecule has 0 aliphatic rings. The number of anilines is 1. The van der Waals surface area contributed by atoms with Crippen molar-refractivity contribution in [3.05, 3.63) is 68.0 Å². The minimum absolute atomic E-state index is 0.184. The molecule has 1 heterocycles. The molecule has 0 bridgehead atoms. The van der Waals surface area contributed by atoms with Crippen LogP contribution in [0.15, 0.2) is 48.7 Å². The molecule has 3 aromatic rings. The van der Waals surface area contributed by atoms with E-state index in [9.17, 15) is 14.9 Å². The van der Waals surface area contributed by atoms with Crippen molar-refractivity contribution in [3.8, 4) is 17.2 Å². The van der Waals surface area contributed by atoms with E-state index in [4.69, 9.17) is 9.47 Å². The van der Waals surface area contributed by atoms with Crippen molar-refractivity contribution < 1.29 is 19.2 Å². The number of benzene rings is 2. The van der Waals surface area contributed by atoms with Crippen LogP contribution < -0.4 is 14.8 Å². The van der Waals surface area contributed by atoms with Gasteiger partial charge < -0.3 is 14.8 Å². The summed E-state index contributed by atoms with van der Waals surface area (Å²) in [4.78, 5) is 23.0. The Kier molecular flexibility index (Phi) is 5.54. The number of nitro benzene ring substituents is 1. The summed E-state index contributed by atoms with van der Waals surface area (Å²) >= 11 is 1.96. The maximum atomic E-state index is 12.3. The monoisotopic (exact) mass is 480 g/mol. The number of non-ortho nitro benzene ring substituents is 1. The van der Waals surface area contributed by atoms with Gasteiger partial charge in [0.1, 0.15) is 11.4 Å². The van der Waals surface area contributed by atoms with E-state index in [1.54, 1.807) is 24.3 Å². The number of halogens is 1. The molecule has 0 fully saturated rings. The molecule has 10 heteroatoms. The number of aromatic amines is 1. The summed E-state index contributed by atoms with van der Waals surface area (Å²) in [5.74, 6) is 0.575. The molecule has 0 atom stereocenters. The Morgan fingerprint density at radius 1 is 1.26 bits per heavy atom. The summed E-state index contributed by atoms with van der Waals surface area (Å²) in [6, 6.07) is 10.9. The predicted octanol–water partition coefficient (Wildman–Crippen LogP) is 3.98. The number of nitro groups is 1. The number of methoxy groups -OCH3 is 1. The van der Waals surface area contributed by atoms with Crippen LogP contribution in [0, 0.1) is 13.7 Å². The molecule has 0 unspecified atom stereocenters. The van der Waals surface area contributed by atoms with E-state index in [1.807, 2.05) is 22.6 Å². The van der Waals surface area contributed by atoms with Gasteiger partial charge >= 0.3 is 0 Å². The molecular formula is C17H13IN4O5. The highest BCUT2D eigenvalue weighted by atomic mass is 127. The van der Waals surface area contributed by atoms with Crippen molar-refractivity contribution in [2.24, 2.45) is 0 Å². The number of H-pyrrole nitrogens is 1. The van der Waals surface area contributed by atoms with Crippen LogP contribution in [0.2, 0.25) is 0 Å². The zero-order chi connectivity index (χ0) is 19.4. The van der Waals surface area contributed by atoms with Gasteiger partial charge in [-0.25, -0.2) is 0 Å². The van der Waals surface area contributed by atoms with E-state index >= 15 is 0 Å². The Labute approximate surface area is 167 Å². The van der Waals surface area contributed by atoms with Crippen LogP contribution in [-0.4, -0.2) is 28.1 Å². The molecule has 0 aliphatic carbocycles. The number of rotatable bonds is 6. The number of carbonyl (C=O) groups excluding carboxylic acids is 1. The summed E-state index contributed by atoms with van der Waals surface area (Å²) in [5, 5.41) is 20.2. The van der Waals surface area contributed by atoms with Crippen LogP contribution in [0.3, 0.4) is 0 Å². The minimum atomic E-state index is -0.565. The summed E-state index contributed by atoms with van der Waals surface area (Å²) in [5.41, 5.74) is 0.246. The number of amides is 1. The first-order valence-corrected chi connectivity index (χ1v) is 8.66. The highest BCUT2D eigenvalue weighted by Gasteiger charge is 2.17. The lowest BCUT2D eigenvalue weighted by molar-refractivity contribution is -0.384. The Morgan fingerprint density at radius 2 is 2.00 bits per heavy atom. The molecule has 138 valence electrons. The van der Waals surface area contributed by atoms with Crippen LogP contribution in [0.1, 0.15) is 10.5 Å². The number of carbonyl (C=O) groups is 1. The number of nitrogens with zero attached hydrogens (tertiary/aromatic N) is 2. The third-order valence-corrected chi connectivity index (χ3v) is 4.29. The summed E-state index contributed by atoms with van der Waals surface area (Å²) in [7, 11) is 1.49. The number of para-hydroxylation sites is 2. The molecule has 0 saturated heterocycles. The van der Waals surface area contributed by atoms with Crippen molar-refractivity contribution in [2.75, 3.05) is 12.4 Å². The molecule has 3 rings (SSSR count). The highest BCUT2D eigenvalue weighted by molar-refractivity contribution is 14.1. The summed E-state index contributed by atoms with van der Waals surface area (Å²) in [6.45, 7) is 0. The SMILES string of the molecule is COc1ccccc1Oc1cc(NC(=O)c2[nH]ncc2I)cc([N+](=O)[O-])c1. The fourth-order valence-corrected chi connectivity index (χ4v) is 2.78. The molecule has 2 N–H and O–H groups in total. The summed E-state index contributed by atoms with van der Waals surface area (Å²) < 4.78 is 11.6. The first-order valence-electron chi connectivity index (χ1n) is 7.58. The predicted molar refractivity (Wildman–Crippen MR) is 105 cm³/mol. The molecular weight excluding hydrogens is 467 g/mol. The Balaban J connectivity index is 1.92. The van der Waals surface area contributed by atoms with Crippen molar-refractivity contribution in [1.29, 1.82) is 0 Å². The van der Waals surface area contributed by atoms with Crippen LogP contribution in [0.5, 0.6) is 17.2 Å². The molecule has 0 saturated carbocycles. The van der Waals surface area contributed by atoms with Gasteiger partial charge in [-0.05, 0) is 34.7 Å². The molecule has 2 aromatic carbocycles. The zero-order valence-corrected chi connectivity index (χ0v) is 16.1. The second kappa shape index (κ2) is 8.03. The van der Waals surface area contributed by atoms with Crippen LogP contribution >= 0.6 is 22.6 Å². The van der Waals surface area contributed by atoms with E-state index in [2.05, 4.69) is 15.5 Å². The van der Waals surface area contributed by atoms with Gasteiger partial charge in [-0.2, -0.15) is 5.10 Å². The normalized spacial score (nSPS) is 10.3. The first-order chi connectivity index (χ1) is 13.0. The number of nitrogens with one attached hydrogen (secondary N) is 2. The maximum absolute atomic E-state index is 12.3. The molecule has 0 spiro atoms. The quantitative estimate of drug-likeness (QED) is 0.313. The van der Waals surface area contributed by atoms with Crippen LogP contribution in [-0.2, 0) is 0 Å². The maximum Gasteiger partial charge on any atom is 0.275 e. The first kappa shape index (κ1) is 18.6. The number of aromatic nitrogens is 2. The smallest absolute Gasteiger partial charge is 0.275 e. The third kappa shape index (κ3) is 4.34. The van der Waals surface area contributed by atoms with Crippen molar-refractivity contribution in [3.63, 3.8) is 0 Å². The topological polar surface area (TPSA) is 119 Å². The molecule has 0 radical (unpaired) electrons. The van der Waals surface area contributed by atoms with Gasteiger partial charge in [0, 0.05) is 12.1 Å². The van der Waals surface area contributed by atoms with Gasteiger partial charge in [0.05, 0.1) is 33.6 Å². The molecule has 1 amide bonds. The Bertz CT molecular complexity index is 1000. The average Bonchev–Trinajstić information content (AvgIpc) is 3.08. The largest absolute Gasteiger partial charge is 0.493 e. The Hall–Kier alpha value is -3.15. The number of hydrogen-bond donors (Lipinski definition) is 2. The van der Waals surface area contributed by atoms with E-state index in [-0.39, 0.29) is 22.8 Å². The van der Waals surface area contributed by atoms with Gasteiger partial charge in [0.15, 0.2) is 11.5 Å². The molecule has 27 heavy (non-hydrogen) atoms. The lowest BCUT2D eigenvalue weighted by atomic mass is 10.2. The number of hydrogen-bond acceptors (Lipinski definition) is 6. The van der Waals surface area contributed by atoms with E-state index in [1.165, 1.54) is 31.5 Å². The van der Waals surface area contributed by atoms with Gasteiger partial charge in [0.2, 0.25) is 0 Å². The second-order valence-corrected chi connectivity index (χ2v) is 6.43. The van der Waals surface area contributed by atoms with Crippen molar-refractivity contribution in [1.82, 2.24) is 10.2 Å². The number of ether oxygens (including phenoxy) is 2. The van der Waals surface area contributed by atoms with Gasteiger partial charge in [-0.3, -0.25) is 20.0 Å². The van der Waals surface area contributed by atoms with Gasteiger partial charge in [0.25, 0.3) is 11.6 Å². The fraction of sp³-hybridized carbons (Fsp3) is 0.0588. The van der Waals surface area contributed by atoms with E-state index in [0.29, 0.717) is 15.1 Å². The highest BCUT2D eigenvalue weighted by Crippen LogP contribution is 2.34. The molecule has 9 nitrogen and oxygen atoms in total. The van der Waals surface area contributed by atoms with Crippen molar-refractivity contribution >= 4 is 39.9 Å². The molecule has 1 aromatic heterocycles. The molecule has 0 aliphatic heterocycles. The fourth-order valence-electron chi connectivity index (χ4n) is 2.27.